The van der Waals surface area contributed by atoms with Crippen molar-refractivity contribution in [3.8, 4) is 0 Å². The van der Waals surface area contributed by atoms with E-state index in [4.69, 9.17) is 0 Å². The van der Waals surface area contributed by atoms with Gasteiger partial charge in [0, 0.05) is 24.0 Å². The van der Waals surface area contributed by atoms with E-state index >= 15 is 0 Å². The van der Waals surface area contributed by atoms with E-state index in [2.05, 4.69) is 10.2 Å². The smallest absolute Gasteiger partial charge is 0.314 e. The van der Waals surface area contributed by atoms with Gasteiger partial charge in [-0.2, -0.15) is 0 Å². The molecule has 2 fully saturated rings. The van der Waals surface area contributed by atoms with Gasteiger partial charge in [-0.3, -0.25) is 15.0 Å². The summed E-state index contributed by atoms with van der Waals surface area (Å²) in [5, 5.41) is 16.5. The molecular weight excluding hydrogens is 274 g/mol. The molecule has 0 radical (unpaired) electrons. The van der Waals surface area contributed by atoms with E-state index in [1.54, 1.807) is 6.07 Å². The molecule has 2 aliphatic rings. The van der Waals surface area contributed by atoms with Crippen LogP contribution in [0.2, 0.25) is 0 Å². The maximum atomic E-state index is 10.7. The third-order valence-electron chi connectivity index (χ3n) is 4.21. The molecule has 0 unspecified atom stereocenters. The highest BCUT2D eigenvalue weighted by molar-refractivity contribution is 7.13. The number of hydrogen-bond donors (Lipinski definition) is 1. The molecule has 0 bridgehead atoms. The molecule has 1 aliphatic heterocycles. The average Bonchev–Trinajstić information content (AvgIpc) is 3.15. The number of hydrogen-bond acceptors (Lipinski definition) is 5. The number of likely N-dealkylation sites (tertiary alicyclic amines) is 1. The topological polar surface area (TPSA) is 58.4 Å². The standard InChI is InChI=1S/C14H21N3O2S/c18-17(19)14-7-12(10-20-14)9-16-5-3-13(4-6-16)15-8-11-1-2-11/h7,10-11,13,15H,1-6,8-9H2. The lowest BCUT2D eigenvalue weighted by molar-refractivity contribution is -0.380. The molecule has 1 aromatic heterocycles. The van der Waals surface area contributed by atoms with E-state index in [0.29, 0.717) is 6.04 Å². The van der Waals surface area contributed by atoms with Gasteiger partial charge in [-0.1, -0.05) is 11.3 Å². The Morgan fingerprint density at radius 3 is 2.70 bits per heavy atom. The molecule has 6 heteroatoms. The zero-order valence-corrected chi connectivity index (χ0v) is 12.4. The van der Waals surface area contributed by atoms with Crippen LogP contribution in [-0.2, 0) is 6.54 Å². The number of nitrogens with one attached hydrogen (secondary N) is 1. The average molecular weight is 295 g/mol. The largest absolute Gasteiger partial charge is 0.324 e. The molecule has 1 N–H and O–H groups in total. The third-order valence-corrected chi connectivity index (χ3v) is 5.13. The van der Waals surface area contributed by atoms with E-state index in [9.17, 15) is 10.1 Å². The van der Waals surface area contributed by atoms with Crippen LogP contribution in [0.1, 0.15) is 31.2 Å². The van der Waals surface area contributed by atoms with Crippen LogP contribution in [0.5, 0.6) is 0 Å². The Bertz CT molecular complexity index is 465. The molecule has 1 saturated heterocycles. The summed E-state index contributed by atoms with van der Waals surface area (Å²) in [6.07, 6.45) is 5.20. The van der Waals surface area contributed by atoms with Crippen LogP contribution in [0, 0.1) is 16.0 Å². The number of piperidine rings is 1. The van der Waals surface area contributed by atoms with Crippen molar-refractivity contribution in [1.29, 1.82) is 0 Å². The van der Waals surface area contributed by atoms with Gasteiger partial charge in [0.1, 0.15) is 0 Å². The Balaban J connectivity index is 1.41. The lowest BCUT2D eigenvalue weighted by Gasteiger charge is -2.32. The van der Waals surface area contributed by atoms with Crippen LogP contribution >= 0.6 is 11.3 Å². The molecule has 3 rings (SSSR count). The quantitative estimate of drug-likeness (QED) is 0.647. The highest BCUT2D eigenvalue weighted by Gasteiger charge is 2.24. The van der Waals surface area contributed by atoms with Crippen molar-refractivity contribution in [2.45, 2.75) is 38.3 Å². The van der Waals surface area contributed by atoms with E-state index in [-0.39, 0.29) is 9.92 Å². The molecule has 0 atom stereocenters. The lowest BCUT2D eigenvalue weighted by Crippen LogP contribution is -2.42. The molecule has 0 aromatic carbocycles. The van der Waals surface area contributed by atoms with Crippen LogP contribution in [0.25, 0.3) is 0 Å². The second kappa shape index (κ2) is 6.20. The summed E-state index contributed by atoms with van der Waals surface area (Å²) in [4.78, 5) is 12.8. The van der Waals surface area contributed by atoms with Gasteiger partial charge in [0.15, 0.2) is 0 Å². The summed E-state index contributed by atoms with van der Waals surface area (Å²) < 4.78 is 0. The van der Waals surface area contributed by atoms with Crippen molar-refractivity contribution in [1.82, 2.24) is 10.2 Å². The summed E-state index contributed by atoms with van der Waals surface area (Å²) in [6.45, 7) is 4.22. The van der Waals surface area contributed by atoms with Gasteiger partial charge in [0.25, 0.3) is 0 Å². The predicted octanol–water partition coefficient (Wildman–Crippen LogP) is 2.62. The van der Waals surface area contributed by atoms with E-state index in [1.807, 2.05) is 5.38 Å². The van der Waals surface area contributed by atoms with Crippen LogP contribution in [0.3, 0.4) is 0 Å². The summed E-state index contributed by atoms with van der Waals surface area (Å²) in [5.41, 5.74) is 1.08. The molecule has 0 spiro atoms. The Labute approximate surface area is 123 Å². The van der Waals surface area contributed by atoms with Gasteiger partial charge in [-0.25, -0.2) is 0 Å². The fourth-order valence-corrected chi connectivity index (χ4v) is 3.47. The Morgan fingerprint density at radius 1 is 1.35 bits per heavy atom. The summed E-state index contributed by atoms with van der Waals surface area (Å²) >= 11 is 1.23. The third kappa shape index (κ3) is 3.77. The maximum Gasteiger partial charge on any atom is 0.324 e. The summed E-state index contributed by atoms with van der Waals surface area (Å²) in [5.74, 6) is 0.944. The van der Waals surface area contributed by atoms with Gasteiger partial charge in [0.2, 0.25) is 0 Å². The highest BCUT2D eigenvalue weighted by atomic mass is 32.1. The number of rotatable bonds is 6. The second-order valence-corrected chi connectivity index (χ2v) is 6.84. The van der Waals surface area contributed by atoms with Crippen molar-refractivity contribution in [2.24, 2.45) is 5.92 Å². The first-order valence-electron chi connectivity index (χ1n) is 7.38. The molecule has 1 aromatic rings. The molecule has 1 aliphatic carbocycles. The van der Waals surface area contributed by atoms with Crippen molar-refractivity contribution in [3.05, 3.63) is 27.1 Å². The van der Waals surface area contributed by atoms with Crippen molar-refractivity contribution < 1.29 is 4.92 Å². The van der Waals surface area contributed by atoms with Gasteiger partial charge in [-0.15, -0.1) is 0 Å². The SMILES string of the molecule is O=[N+]([O-])c1cc(CN2CCC(NCC3CC3)CC2)cs1. The monoisotopic (exact) mass is 295 g/mol. The van der Waals surface area contributed by atoms with Gasteiger partial charge in [0.05, 0.1) is 4.92 Å². The van der Waals surface area contributed by atoms with Crippen molar-refractivity contribution >= 4 is 16.3 Å². The minimum absolute atomic E-state index is 0.251. The van der Waals surface area contributed by atoms with Crippen LogP contribution in [-0.4, -0.2) is 35.5 Å². The second-order valence-electron chi connectivity index (χ2n) is 5.95. The molecule has 5 nitrogen and oxygen atoms in total. The predicted molar refractivity (Wildman–Crippen MR) is 80.0 cm³/mol. The van der Waals surface area contributed by atoms with Crippen LogP contribution < -0.4 is 5.32 Å². The Hall–Kier alpha value is -0.980. The summed E-state index contributed by atoms with van der Waals surface area (Å²) in [7, 11) is 0. The number of nitrogens with zero attached hydrogens (tertiary/aromatic N) is 2. The lowest BCUT2D eigenvalue weighted by atomic mass is 10.0. The number of thiophene rings is 1. The van der Waals surface area contributed by atoms with Gasteiger partial charge in [-0.05, 0) is 56.8 Å². The van der Waals surface area contributed by atoms with Crippen molar-refractivity contribution in [3.63, 3.8) is 0 Å². The minimum Gasteiger partial charge on any atom is -0.314 e. The first-order chi connectivity index (χ1) is 9.70. The summed E-state index contributed by atoms with van der Waals surface area (Å²) in [6, 6.07) is 2.38. The first kappa shape index (κ1) is 14.0. The molecule has 110 valence electrons. The first-order valence-corrected chi connectivity index (χ1v) is 8.26. The van der Waals surface area contributed by atoms with Gasteiger partial charge < -0.3 is 5.32 Å². The zero-order chi connectivity index (χ0) is 13.9. The van der Waals surface area contributed by atoms with Crippen LogP contribution in [0.4, 0.5) is 5.00 Å². The van der Waals surface area contributed by atoms with E-state index < -0.39 is 0 Å². The van der Waals surface area contributed by atoms with E-state index in [1.165, 1.54) is 43.6 Å². The van der Waals surface area contributed by atoms with Gasteiger partial charge >= 0.3 is 5.00 Å². The fraction of sp³-hybridized carbons (Fsp3) is 0.714. The zero-order valence-electron chi connectivity index (χ0n) is 11.6. The molecule has 1 saturated carbocycles. The molecule has 20 heavy (non-hydrogen) atoms. The molecular formula is C14H21N3O2S. The normalized spacial score (nSPS) is 21.2. The molecule has 2 heterocycles. The van der Waals surface area contributed by atoms with Crippen LogP contribution in [0.15, 0.2) is 11.4 Å². The maximum absolute atomic E-state index is 10.7. The van der Waals surface area contributed by atoms with Crippen molar-refractivity contribution in [2.75, 3.05) is 19.6 Å². The number of nitro groups is 1. The minimum atomic E-state index is -0.303. The Morgan fingerprint density at radius 2 is 2.10 bits per heavy atom. The Kier molecular flexibility index (Phi) is 4.33. The fourth-order valence-electron chi connectivity index (χ4n) is 2.75. The van der Waals surface area contributed by atoms with E-state index in [0.717, 1.165) is 31.1 Å². The molecule has 0 amide bonds. The highest BCUT2D eigenvalue weighted by Crippen LogP contribution is 2.28.